The fraction of sp³-hybridized carbons (Fsp3) is 0.429. The molecule has 0 bridgehead atoms. The fourth-order valence-electron chi connectivity index (χ4n) is 1.74. The molecule has 0 amide bonds. The largest absolute Gasteiger partial charge is 0.465 e. The van der Waals surface area contributed by atoms with E-state index in [9.17, 15) is 13.2 Å². The molecule has 0 N–H and O–H groups in total. The number of ether oxygens (including phenoxy) is 1. The molecule has 1 heterocycles. The van der Waals surface area contributed by atoms with Crippen molar-refractivity contribution in [1.82, 2.24) is 4.98 Å². The lowest BCUT2D eigenvalue weighted by Crippen LogP contribution is -2.32. The van der Waals surface area contributed by atoms with E-state index in [0.717, 1.165) is 0 Å². The van der Waals surface area contributed by atoms with Crippen LogP contribution in [-0.4, -0.2) is 31.2 Å². The Morgan fingerprint density at radius 1 is 1.50 bits per heavy atom. The zero-order chi connectivity index (χ0) is 15.0. The summed E-state index contributed by atoms with van der Waals surface area (Å²) in [4.78, 5) is 15.7. The first-order valence-electron chi connectivity index (χ1n) is 6.46. The van der Waals surface area contributed by atoms with Crippen molar-refractivity contribution < 1.29 is 17.9 Å². The Morgan fingerprint density at radius 2 is 2.25 bits per heavy atom. The number of esters is 1. The van der Waals surface area contributed by atoms with Gasteiger partial charge < -0.3 is 4.74 Å². The Labute approximate surface area is 119 Å². The van der Waals surface area contributed by atoms with Gasteiger partial charge in [0.05, 0.1) is 6.61 Å². The summed E-state index contributed by atoms with van der Waals surface area (Å²) < 4.78 is 29.8. The van der Waals surface area contributed by atoms with E-state index in [2.05, 4.69) is 11.6 Å². The molecule has 0 saturated heterocycles. The van der Waals surface area contributed by atoms with Crippen molar-refractivity contribution in [3.8, 4) is 0 Å². The van der Waals surface area contributed by atoms with Crippen LogP contribution in [0.15, 0.2) is 42.1 Å². The number of unbranched alkanes of at least 4 members (excludes halogenated alkanes) is 1. The van der Waals surface area contributed by atoms with E-state index >= 15 is 0 Å². The predicted octanol–water partition coefficient (Wildman–Crippen LogP) is 2.14. The molecule has 0 aliphatic rings. The van der Waals surface area contributed by atoms with E-state index in [0.29, 0.717) is 12.8 Å². The average Bonchev–Trinajstić information content (AvgIpc) is 2.44. The third-order valence-corrected chi connectivity index (χ3v) is 4.73. The van der Waals surface area contributed by atoms with Gasteiger partial charge in [-0.2, -0.15) is 0 Å². The second-order valence-corrected chi connectivity index (χ2v) is 6.25. The highest BCUT2D eigenvalue weighted by atomic mass is 32.2. The SMILES string of the molecule is C=CCCCC(C(=O)OCC)S(=O)(=O)c1ccccn1. The molecule has 0 aliphatic heterocycles. The van der Waals surface area contributed by atoms with E-state index in [1.807, 2.05) is 0 Å². The molecule has 0 aromatic carbocycles. The first-order chi connectivity index (χ1) is 9.54. The van der Waals surface area contributed by atoms with Gasteiger partial charge in [0.1, 0.15) is 0 Å². The third-order valence-electron chi connectivity index (χ3n) is 2.73. The van der Waals surface area contributed by atoms with Crippen LogP contribution >= 0.6 is 0 Å². The van der Waals surface area contributed by atoms with Gasteiger partial charge in [-0.3, -0.25) is 4.79 Å². The predicted molar refractivity (Wildman–Crippen MR) is 75.9 cm³/mol. The van der Waals surface area contributed by atoms with E-state index in [1.165, 1.54) is 12.3 Å². The number of carbonyl (C=O) groups excluding carboxylic acids is 1. The van der Waals surface area contributed by atoms with Crippen LogP contribution < -0.4 is 0 Å². The zero-order valence-corrected chi connectivity index (χ0v) is 12.3. The van der Waals surface area contributed by atoms with Crippen LogP contribution in [0, 0.1) is 0 Å². The maximum Gasteiger partial charge on any atom is 0.324 e. The second kappa shape index (κ2) is 7.79. The van der Waals surface area contributed by atoms with Gasteiger partial charge in [0.2, 0.25) is 9.84 Å². The Morgan fingerprint density at radius 3 is 2.80 bits per heavy atom. The second-order valence-electron chi connectivity index (χ2n) is 4.17. The highest BCUT2D eigenvalue weighted by Gasteiger charge is 2.35. The quantitative estimate of drug-likeness (QED) is 0.417. The number of rotatable bonds is 8. The minimum absolute atomic E-state index is 0.100. The summed E-state index contributed by atoms with van der Waals surface area (Å²) in [6, 6.07) is 4.58. The normalized spacial score (nSPS) is 12.7. The van der Waals surface area contributed by atoms with Crippen LogP contribution in [0.3, 0.4) is 0 Å². The van der Waals surface area contributed by atoms with Crippen molar-refractivity contribution in [1.29, 1.82) is 0 Å². The number of sulfone groups is 1. The van der Waals surface area contributed by atoms with Crippen molar-refractivity contribution >= 4 is 15.8 Å². The molecule has 110 valence electrons. The number of hydrogen-bond donors (Lipinski definition) is 0. The van der Waals surface area contributed by atoms with E-state index in [4.69, 9.17) is 4.74 Å². The number of aromatic nitrogens is 1. The molecule has 1 aromatic heterocycles. The van der Waals surface area contributed by atoms with Gasteiger partial charge in [0.25, 0.3) is 0 Å². The lowest BCUT2D eigenvalue weighted by Gasteiger charge is -2.15. The summed E-state index contributed by atoms with van der Waals surface area (Å²) >= 11 is 0. The molecule has 0 aliphatic carbocycles. The summed E-state index contributed by atoms with van der Waals surface area (Å²) in [5.74, 6) is -0.720. The van der Waals surface area contributed by atoms with Gasteiger partial charge in [0, 0.05) is 6.20 Å². The Bertz CT molecular complexity index is 540. The summed E-state index contributed by atoms with van der Waals surface area (Å²) in [6.45, 7) is 5.37. The zero-order valence-electron chi connectivity index (χ0n) is 11.5. The molecule has 20 heavy (non-hydrogen) atoms. The Kier molecular flexibility index (Phi) is 6.38. The maximum atomic E-state index is 12.5. The molecule has 0 saturated carbocycles. The molecule has 1 unspecified atom stereocenters. The lowest BCUT2D eigenvalue weighted by atomic mass is 10.2. The smallest absolute Gasteiger partial charge is 0.324 e. The van der Waals surface area contributed by atoms with Crippen molar-refractivity contribution in [3.05, 3.63) is 37.1 Å². The molecule has 0 spiro atoms. The van der Waals surface area contributed by atoms with Crippen molar-refractivity contribution in [2.24, 2.45) is 0 Å². The number of nitrogens with zero attached hydrogens (tertiary/aromatic N) is 1. The fourth-order valence-corrected chi connectivity index (χ4v) is 3.31. The minimum Gasteiger partial charge on any atom is -0.465 e. The summed E-state index contributed by atoms with van der Waals surface area (Å²) in [5, 5.41) is -1.31. The topological polar surface area (TPSA) is 73.3 Å². The Hall–Kier alpha value is -1.69. The first kappa shape index (κ1) is 16.4. The third kappa shape index (κ3) is 4.16. The number of pyridine rings is 1. The van der Waals surface area contributed by atoms with Crippen molar-refractivity contribution in [2.75, 3.05) is 6.61 Å². The van der Waals surface area contributed by atoms with Crippen molar-refractivity contribution in [3.63, 3.8) is 0 Å². The van der Waals surface area contributed by atoms with Crippen LogP contribution in [0.1, 0.15) is 26.2 Å². The van der Waals surface area contributed by atoms with Crippen LogP contribution in [0.4, 0.5) is 0 Å². The molecular formula is C14H19NO4S. The summed E-state index contributed by atoms with van der Waals surface area (Å²) in [7, 11) is -3.82. The Balaban J connectivity index is 3.02. The van der Waals surface area contributed by atoms with Crippen LogP contribution in [0.5, 0.6) is 0 Å². The van der Waals surface area contributed by atoms with Crippen LogP contribution in [0.2, 0.25) is 0 Å². The molecular weight excluding hydrogens is 278 g/mol. The van der Waals surface area contributed by atoms with Gasteiger partial charge in [-0.25, -0.2) is 13.4 Å². The maximum absolute atomic E-state index is 12.5. The lowest BCUT2D eigenvalue weighted by molar-refractivity contribution is -0.142. The van der Waals surface area contributed by atoms with Gasteiger partial charge in [0.15, 0.2) is 10.3 Å². The molecule has 0 radical (unpaired) electrons. The molecule has 5 nitrogen and oxygen atoms in total. The number of allylic oxidation sites excluding steroid dienone is 1. The van der Waals surface area contributed by atoms with Gasteiger partial charge in [-0.1, -0.05) is 12.1 Å². The van der Waals surface area contributed by atoms with Gasteiger partial charge in [-0.05, 0) is 38.3 Å². The van der Waals surface area contributed by atoms with Crippen molar-refractivity contribution in [2.45, 2.75) is 36.5 Å². The van der Waals surface area contributed by atoms with Gasteiger partial charge >= 0.3 is 5.97 Å². The van der Waals surface area contributed by atoms with E-state index in [1.54, 1.807) is 25.1 Å². The molecule has 1 aromatic rings. The summed E-state index contributed by atoms with van der Waals surface area (Å²) in [6.07, 6.45) is 4.48. The van der Waals surface area contributed by atoms with E-state index < -0.39 is 21.1 Å². The number of hydrogen-bond acceptors (Lipinski definition) is 5. The average molecular weight is 297 g/mol. The minimum atomic E-state index is -3.82. The van der Waals surface area contributed by atoms with Gasteiger partial charge in [-0.15, -0.1) is 6.58 Å². The molecule has 1 atom stereocenters. The standard InChI is InChI=1S/C14H19NO4S/c1-3-5-6-9-12(14(16)19-4-2)20(17,18)13-10-7-8-11-15-13/h3,7-8,10-12H,1,4-6,9H2,2H3. The molecule has 6 heteroatoms. The summed E-state index contributed by atoms with van der Waals surface area (Å²) in [5.41, 5.74) is 0. The van der Waals surface area contributed by atoms with Crippen LogP contribution in [0.25, 0.3) is 0 Å². The molecule has 1 rings (SSSR count). The molecule has 0 fully saturated rings. The highest BCUT2D eigenvalue weighted by molar-refractivity contribution is 7.92. The van der Waals surface area contributed by atoms with Crippen LogP contribution in [-0.2, 0) is 19.4 Å². The monoisotopic (exact) mass is 297 g/mol. The highest BCUT2D eigenvalue weighted by Crippen LogP contribution is 2.19. The number of carbonyl (C=O) groups is 1. The van der Waals surface area contributed by atoms with E-state index in [-0.39, 0.29) is 18.1 Å². The first-order valence-corrected chi connectivity index (χ1v) is 8.01.